The Balaban J connectivity index is 1.63. The Morgan fingerprint density at radius 3 is 2.16 bits per heavy atom. The van der Waals surface area contributed by atoms with Crippen molar-refractivity contribution in [3.63, 3.8) is 0 Å². The summed E-state index contributed by atoms with van der Waals surface area (Å²) in [6.45, 7) is 0. The normalized spacial score (nSPS) is 12.3. The van der Waals surface area contributed by atoms with E-state index in [1.165, 1.54) is 12.1 Å². The molecule has 190 valence electrons. The van der Waals surface area contributed by atoms with Gasteiger partial charge >= 0.3 is 15.6 Å². The topological polar surface area (TPSA) is 68.5 Å². The van der Waals surface area contributed by atoms with Crippen LogP contribution in [0.2, 0.25) is 0 Å². The van der Waals surface area contributed by atoms with Crippen LogP contribution in [-0.4, -0.2) is 13.9 Å². The van der Waals surface area contributed by atoms with Crippen LogP contribution in [0, 0.1) is 0 Å². The number of nitrogens with one attached hydrogen (secondary N) is 1. The van der Waals surface area contributed by atoms with E-state index in [-0.39, 0.29) is 0 Å². The van der Waals surface area contributed by atoms with E-state index in [1.807, 2.05) is 78.9 Å². The standard InChI is InChI=1S/C29H18F3NO4S/c30-29(31,32)38(34,35)37-19-16-24(23-13-6-12-22-21-10-4-5-15-27(21)36-28(22)23)20-11-7-14-26(25(20)17-19)33-18-8-2-1-3-9-18/h1-17,33H. The van der Waals surface area contributed by atoms with Crippen molar-refractivity contribution in [3.8, 4) is 16.9 Å². The van der Waals surface area contributed by atoms with Crippen LogP contribution in [0.5, 0.6) is 5.75 Å². The number of benzene rings is 5. The highest BCUT2D eigenvalue weighted by atomic mass is 32.2. The predicted molar refractivity (Wildman–Crippen MR) is 142 cm³/mol. The largest absolute Gasteiger partial charge is 0.534 e. The number of anilines is 2. The summed E-state index contributed by atoms with van der Waals surface area (Å²) >= 11 is 0. The van der Waals surface area contributed by atoms with Crippen LogP contribution >= 0.6 is 0 Å². The summed E-state index contributed by atoms with van der Waals surface area (Å²) in [6.07, 6.45) is 0. The van der Waals surface area contributed by atoms with Crippen molar-refractivity contribution in [1.29, 1.82) is 0 Å². The van der Waals surface area contributed by atoms with Crippen LogP contribution in [0.15, 0.2) is 108 Å². The van der Waals surface area contributed by atoms with E-state index in [1.54, 1.807) is 12.1 Å². The number of alkyl halides is 3. The van der Waals surface area contributed by atoms with Crippen molar-refractivity contribution in [2.24, 2.45) is 0 Å². The van der Waals surface area contributed by atoms with Gasteiger partial charge in [-0.15, -0.1) is 0 Å². The highest BCUT2D eigenvalue weighted by molar-refractivity contribution is 7.88. The van der Waals surface area contributed by atoms with E-state index in [9.17, 15) is 21.6 Å². The molecule has 0 unspecified atom stereocenters. The maximum atomic E-state index is 13.2. The van der Waals surface area contributed by atoms with E-state index in [2.05, 4.69) is 9.50 Å². The lowest BCUT2D eigenvalue weighted by atomic mass is 9.95. The van der Waals surface area contributed by atoms with E-state index in [0.717, 1.165) is 16.5 Å². The van der Waals surface area contributed by atoms with Gasteiger partial charge in [0, 0.05) is 33.1 Å². The minimum absolute atomic E-state index is 0.455. The van der Waals surface area contributed by atoms with Gasteiger partial charge in [-0.25, -0.2) is 0 Å². The second kappa shape index (κ2) is 8.81. The molecule has 0 aliphatic rings. The van der Waals surface area contributed by atoms with Gasteiger partial charge in [-0.1, -0.05) is 66.7 Å². The number of fused-ring (bicyclic) bond motifs is 4. The Labute approximate surface area is 215 Å². The zero-order valence-corrected chi connectivity index (χ0v) is 20.3. The van der Waals surface area contributed by atoms with Crippen molar-refractivity contribution in [1.82, 2.24) is 0 Å². The Morgan fingerprint density at radius 1 is 0.684 bits per heavy atom. The Hall–Kier alpha value is -4.50. The lowest BCUT2D eigenvalue weighted by molar-refractivity contribution is -0.0500. The van der Waals surface area contributed by atoms with Crippen molar-refractivity contribution in [2.75, 3.05) is 5.32 Å². The first-order valence-electron chi connectivity index (χ1n) is 11.5. The zero-order chi connectivity index (χ0) is 26.5. The molecule has 5 aromatic carbocycles. The summed E-state index contributed by atoms with van der Waals surface area (Å²) < 4.78 is 74.2. The quantitative estimate of drug-likeness (QED) is 0.178. The van der Waals surface area contributed by atoms with Crippen LogP contribution in [0.3, 0.4) is 0 Å². The van der Waals surface area contributed by atoms with Gasteiger partial charge in [0.2, 0.25) is 0 Å². The first-order valence-corrected chi connectivity index (χ1v) is 12.9. The molecular formula is C29H18F3NO4S. The SMILES string of the molecule is O=S(=O)(Oc1cc(-c2cccc3c2oc2ccccc23)c2cccc(Nc3ccccc3)c2c1)C(F)(F)F. The number of hydrogen-bond acceptors (Lipinski definition) is 5. The van der Waals surface area contributed by atoms with Gasteiger partial charge < -0.3 is 13.9 Å². The minimum atomic E-state index is -5.90. The molecule has 0 amide bonds. The van der Waals surface area contributed by atoms with Crippen molar-refractivity contribution in [2.45, 2.75) is 5.51 Å². The second-order valence-corrected chi connectivity index (χ2v) is 10.2. The average Bonchev–Trinajstić information content (AvgIpc) is 3.27. The summed E-state index contributed by atoms with van der Waals surface area (Å²) in [5, 5.41) is 6.08. The molecule has 1 heterocycles. The fourth-order valence-electron chi connectivity index (χ4n) is 4.55. The molecule has 0 atom stereocenters. The van der Waals surface area contributed by atoms with E-state index in [0.29, 0.717) is 38.8 Å². The lowest BCUT2D eigenvalue weighted by Gasteiger charge is -2.16. The molecule has 0 radical (unpaired) electrons. The van der Waals surface area contributed by atoms with Gasteiger partial charge in [0.25, 0.3) is 0 Å². The maximum absolute atomic E-state index is 13.2. The monoisotopic (exact) mass is 533 g/mol. The van der Waals surface area contributed by atoms with Crippen LogP contribution in [0.4, 0.5) is 24.5 Å². The van der Waals surface area contributed by atoms with Crippen LogP contribution < -0.4 is 9.50 Å². The molecule has 0 aliphatic carbocycles. The first-order chi connectivity index (χ1) is 18.2. The molecule has 0 saturated carbocycles. The molecular weight excluding hydrogens is 515 g/mol. The molecule has 5 nitrogen and oxygen atoms in total. The number of para-hydroxylation sites is 3. The van der Waals surface area contributed by atoms with Gasteiger partial charge in [0.1, 0.15) is 16.9 Å². The van der Waals surface area contributed by atoms with Gasteiger partial charge in [0.05, 0.1) is 0 Å². The third kappa shape index (κ3) is 4.10. The van der Waals surface area contributed by atoms with Crippen molar-refractivity contribution >= 4 is 54.2 Å². The number of furan rings is 1. The predicted octanol–water partition coefficient (Wildman–Crippen LogP) is 8.38. The van der Waals surface area contributed by atoms with Gasteiger partial charge in [0.15, 0.2) is 0 Å². The summed E-state index contributed by atoms with van der Waals surface area (Å²) in [5.74, 6) is -0.472. The van der Waals surface area contributed by atoms with Crippen LogP contribution in [-0.2, 0) is 10.1 Å². The highest BCUT2D eigenvalue weighted by Gasteiger charge is 2.48. The highest BCUT2D eigenvalue weighted by Crippen LogP contribution is 2.42. The van der Waals surface area contributed by atoms with Crippen molar-refractivity contribution in [3.05, 3.63) is 103 Å². The van der Waals surface area contributed by atoms with Gasteiger partial charge in [-0.05, 0) is 47.3 Å². The van der Waals surface area contributed by atoms with E-state index in [4.69, 9.17) is 4.42 Å². The third-order valence-corrected chi connectivity index (χ3v) is 7.18. The smallest absolute Gasteiger partial charge is 0.455 e. The molecule has 0 spiro atoms. The molecule has 1 N–H and O–H groups in total. The lowest BCUT2D eigenvalue weighted by Crippen LogP contribution is -2.28. The maximum Gasteiger partial charge on any atom is 0.534 e. The summed E-state index contributed by atoms with van der Waals surface area (Å²) in [7, 11) is -5.90. The van der Waals surface area contributed by atoms with Crippen molar-refractivity contribution < 1.29 is 30.2 Å². The Kier molecular flexibility index (Phi) is 5.53. The van der Waals surface area contributed by atoms with Gasteiger partial charge in [-0.2, -0.15) is 21.6 Å². The van der Waals surface area contributed by atoms with Crippen LogP contribution in [0.1, 0.15) is 0 Å². The molecule has 9 heteroatoms. The third-order valence-electron chi connectivity index (χ3n) is 6.21. The molecule has 0 saturated heterocycles. The number of hydrogen-bond donors (Lipinski definition) is 1. The Morgan fingerprint density at radius 2 is 1.37 bits per heavy atom. The molecule has 0 bridgehead atoms. The minimum Gasteiger partial charge on any atom is -0.455 e. The molecule has 1 aromatic heterocycles. The number of halogens is 3. The molecule has 6 rings (SSSR count). The van der Waals surface area contributed by atoms with Gasteiger partial charge in [-0.3, -0.25) is 0 Å². The fourth-order valence-corrected chi connectivity index (χ4v) is 4.99. The van der Waals surface area contributed by atoms with E-state index < -0.39 is 21.4 Å². The average molecular weight is 534 g/mol. The molecule has 0 aliphatic heterocycles. The van der Waals surface area contributed by atoms with Crippen LogP contribution in [0.25, 0.3) is 43.8 Å². The fraction of sp³-hybridized carbons (Fsp3) is 0.0345. The zero-order valence-electron chi connectivity index (χ0n) is 19.5. The first kappa shape index (κ1) is 23.9. The molecule has 38 heavy (non-hydrogen) atoms. The summed E-state index contributed by atoms with van der Waals surface area (Å²) in [5.41, 5.74) is -2.07. The Bertz CT molecular complexity index is 1930. The summed E-state index contributed by atoms with van der Waals surface area (Å²) in [4.78, 5) is 0. The molecule has 6 aromatic rings. The molecule has 0 fully saturated rings. The second-order valence-electron chi connectivity index (χ2n) is 8.63. The number of rotatable bonds is 5. The summed E-state index contributed by atoms with van der Waals surface area (Å²) in [6, 6.07) is 30.1. The van der Waals surface area contributed by atoms with E-state index >= 15 is 0 Å².